The number of benzene rings is 2. The van der Waals surface area contributed by atoms with E-state index in [1.54, 1.807) is 12.1 Å². The molecule has 1 heterocycles. The molecule has 3 rings (SSSR count). The number of nitrogens with zero attached hydrogens (tertiary/aromatic N) is 3. The summed E-state index contributed by atoms with van der Waals surface area (Å²) in [5.41, 5.74) is 3.03. The largest absolute Gasteiger partial charge is 0.377 e. The molecule has 4 N–H and O–H groups in total. The number of aromatic nitrogens is 3. The number of amides is 1. The van der Waals surface area contributed by atoms with Crippen LogP contribution in [0.3, 0.4) is 0 Å². The molecule has 0 aliphatic rings. The van der Waals surface area contributed by atoms with Crippen molar-refractivity contribution >= 4 is 23.8 Å². The van der Waals surface area contributed by atoms with Gasteiger partial charge >= 0.3 is 0 Å². The van der Waals surface area contributed by atoms with Gasteiger partial charge in [0.25, 0.3) is 5.91 Å². The van der Waals surface area contributed by atoms with E-state index in [1.165, 1.54) is 37.7 Å². The van der Waals surface area contributed by atoms with E-state index in [-0.39, 0.29) is 5.91 Å². The van der Waals surface area contributed by atoms with Crippen molar-refractivity contribution in [3.05, 3.63) is 71.3 Å². The van der Waals surface area contributed by atoms with Crippen molar-refractivity contribution in [2.45, 2.75) is 58.9 Å². The number of hydrogen-bond acceptors (Lipinski definition) is 9. The van der Waals surface area contributed by atoms with Crippen molar-refractivity contribution in [1.29, 1.82) is 0 Å². The average Bonchev–Trinajstić information content (AvgIpc) is 3.01. The van der Waals surface area contributed by atoms with Gasteiger partial charge < -0.3 is 30.7 Å². The molecule has 2 aromatic carbocycles. The molecule has 10 heteroatoms. The lowest BCUT2D eigenvalue weighted by Gasteiger charge is -2.12. The highest BCUT2D eigenvalue weighted by Crippen LogP contribution is 2.12. The second-order valence-electron chi connectivity index (χ2n) is 10.1. The molecule has 3 aromatic rings. The molecule has 0 fully saturated rings. The van der Waals surface area contributed by atoms with E-state index >= 15 is 0 Å². The van der Waals surface area contributed by atoms with Crippen molar-refractivity contribution in [2.24, 2.45) is 0 Å². The highest BCUT2D eigenvalue weighted by atomic mass is 16.5. The number of anilines is 3. The van der Waals surface area contributed by atoms with E-state index in [4.69, 9.17) is 9.47 Å². The maximum absolute atomic E-state index is 12.0. The summed E-state index contributed by atoms with van der Waals surface area (Å²) in [6.07, 6.45) is 7.40. The van der Waals surface area contributed by atoms with Crippen molar-refractivity contribution in [3.8, 4) is 0 Å². The lowest BCUT2D eigenvalue weighted by molar-refractivity contribution is 0.0519. The summed E-state index contributed by atoms with van der Waals surface area (Å²) in [6, 6.07) is 17.5. The third kappa shape index (κ3) is 13.7. The molecule has 0 spiro atoms. The zero-order chi connectivity index (χ0) is 29.7. The molecule has 0 saturated heterocycles. The van der Waals surface area contributed by atoms with Crippen LogP contribution in [0.2, 0.25) is 0 Å². The van der Waals surface area contributed by atoms with E-state index in [2.05, 4.69) is 74.3 Å². The van der Waals surface area contributed by atoms with Crippen LogP contribution in [0.1, 0.15) is 66.9 Å². The summed E-state index contributed by atoms with van der Waals surface area (Å²) in [4.78, 5) is 25.7. The average molecular weight is 578 g/mol. The lowest BCUT2D eigenvalue weighted by atomic mass is 10.1. The van der Waals surface area contributed by atoms with E-state index in [0.717, 1.165) is 18.5 Å². The van der Waals surface area contributed by atoms with Crippen LogP contribution in [-0.4, -0.2) is 66.9 Å². The summed E-state index contributed by atoms with van der Waals surface area (Å²) in [5.74, 6) is 1.47. The van der Waals surface area contributed by atoms with Gasteiger partial charge in [-0.15, -0.1) is 0 Å². The molecular formula is C32H47N7O3. The Balaban J connectivity index is 1.35. The minimum atomic E-state index is -0.103. The van der Waals surface area contributed by atoms with E-state index < -0.39 is 0 Å². The fraction of sp³-hybridized carbons (Fsp3) is 0.500. The lowest BCUT2D eigenvalue weighted by Crippen LogP contribution is -2.27. The fourth-order valence-electron chi connectivity index (χ4n) is 4.09. The van der Waals surface area contributed by atoms with Gasteiger partial charge in [-0.3, -0.25) is 4.79 Å². The molecular weight excluding hydrogens is 530 g/mol. The number of unbranched alkanes of at least 4 members (excludes halogenated alkanes) is 5. The Bertz CT molecular complexity index is 1150. The molecule has 0 bridgehead atoms. The van der Waals surface area contributed by atoms with Crippen molar-refractivity contribution in [3.63, 3.8) is 0 Å². The zero-order valence-corrected chi connectivity index (χ0v) is 25.2. The Hall–Kier alpha value is -3.76. The molecule has 0 unspecified atom stereocenters. The predicted octanol–water partition coefficient (Wildman–Crippen LogP) is 5.44. The summed E-state index contributed by atoms with van der Waals surface area (Å²) >= 11 is 0. The normalized spacial score (nSPS) is 10.8. The molecule has 0 aliphatic carbocycles. The summed E-state index contributed by atoms with van der Waals surface area (Å²) in [6.45, 7) is 8.57. The van der Waals surface area contributed by atoms with Crippen LogP contribution in [0.25, 0.3) is 0 Å². The number of ether oxygens (including phenoxy) is 2. The first-order valence-corrected chi connectivity index (χ1v) is 15.2. The van der Waals surface area contributed by atoms with E-state index in [9.17, 15) is 4.79 Å². The topological polar surface area (TPSA) is 122 Å². The van der Waals surface area contributed by atoms with Crippen LogP contribution in [0.15, 0.2) is 54.6 Å². The molecule has 0 atom stereocenters. The number of aryl methyl sites for hydroxylation is 1. The Morgan fingerprint density at radius 1 is 0.667 bits per heavy atom. The minimum Gasteiger partial charge on any atom is -0.377 e. The van der Waals surface area contributed by atoms with Crippen LogP contribution in [0.5, 0.6) is 0 Å². The van der Waals surface area contributed by atoms with Crippen molar-refractivity contribution in [2.75, 3.05) is 62.0 Å². The quantitative estimate of drug-likeness (QED) is 0.116. The second-order valence-corrected chi connectivity index (χ2v) is 10.1. The SMILES string of the molecule is CCCCCCCCNc1nc(NCCOCCOCCNC(=O)c2ccccc2)nc(NCc2ccc(C)cc2)n1. The van der Waals surface area contributed by atoms with Gasteiger partial charge in [0.05, 0.1) is 26.4 Å². The van der Waals surface area contributed by atoms with Gasteiger partial charge in [0.2, 0.25) is 17.8 Å². The molecule has 0 saturated carbocycles. The standard InChI is InChI=1S/C32H47N7O3/c1-3-4-5-6-7-11-18-34-30-37-31(39-32(38-30)36-25-27-16-14-26(2)15-17-27)35-20-22-42-24-23-41-21-19-33-29(40)28-12-9-8-10-13-28/h8-10,12-17H,3-7,11,18-25H2,1-2H3,(H,33,40)(H3,34,35,36,37,38,39). The third-order valence-corrected chi connectivity index (χ3v) is 6.49. The smallest absolute Gasteiger partial charge is 0.251 e. The molecule has 0 radical (unpaired) electrons. The predicted molar refractivity (Wildman–Crippen MR) is 169 cm³/mol. The Morgan fingerprint density at radius 2 is 1.26 bits per heavy atom. The van der Waals surface area contributed by atoms with Crippen LogP contribution in [0.4, 0.5) is 17.8 Å². The third-order valence-electron chi connectivity index (χ3n) is 6.49. The Kier molecular flexibility index (Phi) is 15.7. The fourth-order valence-corrected chi connectivity index (χ4v) is 4.09. The molecule has 0 aliphatic heterocycles. The first-order valence-electron chi connectivity index (χ1n) is 15.2. The van der Waals surface area contributed by atoms with Crippen LogP contribution in [0, 0.1) is 6.92 Å². The Morgan fingerprint density at radius 3 is 1.95 bits per heavy atom. The Labute approximate surface area is 250 Å². The zero-order valence-electron chi connectivity index (χ0n) is 25.2. The summed E-state index contributed by atoms with van der Waals surface area (Å²) in [7, 11) is 0. The van der Waals surface area contributed by atoms with Gasteiger partial charge in [0.1, 0.15) is 0 Å². The monoisotopic (exact) mass is 577 g/mol. The molecule has 10 nitrogen and oxygen atoms in total. The molecule has 228 valence electrons. The number of hydrogen-bond donors (Lipinski definition) is 4. The van der Waals surface area contributed by atoms with Crippen LogP contribution in [-0.2, 0) is 16.0 Å². The van der Waals surface area contributed by atoms with Crippen molar-refractivity contribution in [1.82, 2.24) is 20.3 Å². The maximum atomic E-state index is 12.0. The first-order chi connectivity index (χ1) is 20.6. The van der Waals surface area contributed by atoms with Crippen LogP contribution >= 0.6 is 0 Å². The van der Waals surface area contributed by atoms with Gasteiger partial charge in [0, 0.05) is 31.7 Å². The molecule has 1 aromatic heterocycles. The van der Waals surface area contributed by atoms with Gasteiger partial charge in [-0.1, -0.05) is 87.1 Å². The molecule has 42 heavy (non-hydrogen) atoms. The number of nitrogens with one attached hydrogen (secondary N) is 4. The van der Waals surface area contributed by atoms with Crippen LogP contribution < -0.4 is 21.3 Å². The second kappa shape index (κ2) is 20.2. The van der Waals surface area contributed by atoms with Gasteiger partial charge in [-0.05, 0) is 31.0 Å². The highest BCUT2D eigenvalue weighted by molar-refractivity contribution is 5.94. The number of rotatable bonds is 22. The maximum Gasteiger partial charge on any atom is 0.251 e. The van der Waals surface area contributed by atoms with E-state index in [1.807, 2.05) is 18.2 Å². The number of carbonyl (C=O) groups excluding carboxylic acids is 1. The van der Waals surface area contributed by atoms with Gasteiger partial charge in [0.15, 0.2) is 0 Å². The van der Waals surface area contributed by atoms with Gasteiger partial charge in [-0.2, -0.15) is 15.0 Å². The van der Waals surface area contributed by atoms with E-state index in [0.29, 0.717) is 69.5 Å². The number of carbonyl (C=O) groups is 1. The highest BCUT2D eigenvalue weighted by Gasteiger charge is 2.07. The first kappa shape index (κ1) is 32.8. The minimum absolute atomic E-state index is 0.103. The summed E-state index contributed by atoms with van der Waals surface area (Å²) in [5, 5.41) is 12.8. The van der Waals surface area contributed by atoms with Gasteiger partial charge in [-0.25, -0.2) is 0 Å². The molecule has 1 amide bonds. The summed E-state index contributed by atoms with van der Waals surface area (Å²) < 4.78 is 11.2. The van der Waals surface area contributed by atoms with Crippen molar-refractivity contribution < 1.29 is 14.3 Å².